The first kappa shape index (κ1) is 17.5. The van der Waals surface area contributed by atoms with Crippen molar-refractivity contribution in [2.45, 2.75) is 13.8 Å². The van der Waals surface area contributed by atoms with Crippen molar-refractivity contribution in [3.05, 3.63) is 53.3 Å². The van der Waals surface area contributed by atoms with E-state index >= 15 is 0 Å². The minimum atomic E-state index is -0.483. The number of esters is 1. The van der Waals surface area contributed by atoms with E-state index in [1.54, 1.807) is 43.5 Å². The molecule has 0 spiro atoms. The highest BCUT2D eigenvalue weighted by Gasteiger charge is 2.28. The number of para-hydroxylation sites is 1. The molecular weight excluding hydrogens is 336 g/mol. The van der Waals surface area contributed by atoms with Crippen molar-refractivity contribution in [2.24, 2.45) is 0 Å². The summed E-state index contributed by atoms with van der Waals surface area (Å²) in [4.78, 5) is 24.0. The van der Waals surface area contributed by atoms with E-state index in [0.29, 0.717) is 35.0 Å². The highest BCUT2D eigenvalue weighted by atomic mass is 16.6. The van der Waals surface area contributed by atoms with Crippen molar-refractivity contribution in [1.82, 2.24) is 0 Å². The van der Waals surface area contributed by atoms with E-state index in [1.165, 1.54) is 13.0 Å². The highest BCUT2D eigenvalue weighted by molar-refractivity contribution is 6.14. The van der Waals surface area contributed by atoms with Crippen molar-refractivity contribution in [3.63, 3.8) is 0 Å². The van der Waals surface area contributed by atoms with Crippen LogP contribution in [-0.2, 0) is 4.79 Å². The summed E-state index contributed by atoms with van der Waals surface area (Å²) in [6.07, 6.45) is 1.54. The van der Waals surface area contributed by atoms with E-state index in [4.69, 9.17) is 18.9 Å². The second-order valence-corrected chi connectivity index (χ2v) is 5.50. The van der Waals surface area contributed by atoms with E-state index < -0.39 is 5.97 Å². The summed E-state index contributed by atoms with van der Waals surface area (Å²) in [5.74, 6) is 1.09. The van der Waals surface area contributed by atoms with Gasteiger partial charge < -0.3 is 18.9 Å². The monoisotopic (exact) mass is 354 g/mol. The number of ether oxygens (including phenoxy) is 4. The van der Waals surface area contributed by atoms with Gasteiger partial charge in [-0.15, -0.1) is 0 Å². The van der Waals surface area contributed by atoms with Crippen molar-refractivity contribution >= 4 is 17.8 Å². The third-order valence-corrected chi connectivity index (χ3v) is 3.72. The van der Waals surface area contributed by atoms with Crippen LogP contribution in [0.2, 0.25) is 0 Å². The van der Waals surface area contributed by atoms with Crippen LogP contribution >= 0.6 is 0 Å². The molecule has 0 aliphatic carbocycles. The smallest absolute Gasteiger partial charge is 0.308 e. The van der Waals surface area contributed by atoms with Crippen molar-refractivity contribution in [3.8, 4) is 23.0 Å². The van der Waals surface area contributed by atoms with Gasteiger partial charge in [-0.2, -0.15) is 0 Å². The first-order valence-corrected chi connectivity index (χ1v) is 8.10. The first-order chi connectivity index (χ1) is 12.5. The van der Waals surface area contributed by atoms with Gasteiger partial charge in [0.15, 0.2) is 17.3 Å². The molecule has 6 heteroatoms. The van der Waals surface area contributed by atoms with Gasteiger partial charge in [0.25, 0.3) is 0 Å². The third-order valence-electron chi connectivity index (χ3n) is 3.72. The lowest BCUT2D eigenvalue weighted by Crippen LogP contribution is -2.06. The fourth-order valence-electron chi connectivity index (χ4n) is 2.60. The van der Waals surface area contributed by atoms with Crippen LogP contribution in [0.4, 0.5) is 0 Å². The lowest BCUT2D eigenvalue weighted by Gasteiger charge is -2.12. The Hall–Kier alpha value is -3.28. The summed E-state index contributed by atoms with van der Waals surface area (Å²) in [6, 6.07) is 10.2. The molecule has 0 unspecified atom stereocenters. The Labute approximate surface area is 150 Å². The zero-order chi connectivity index (χ0) is 18.7. The number of methoxy groups -OCH3 is 1. The van der Waals surface area contributed by atoms with Crippen LogP contribution in [0.3, 0.4) is 0 Å². The summed E-state index contributed by atoms with van der Waals surface area (Å²) in [5.41, 5.74) is 0.960. The number of benzene rings is 2. The van der Waals surface area contributed by atoms with Crippen LogP contribution in [0.1, 0.15) is 29.8 Å². The average Bonchev–Trinajstić information content (AvgIpc) is 2.92. The van der Waals surface area contributed by atoms with E-state index in [9.17, 15) is 9.59 Å². The van der Waals surface area contributed by atoms with Gasteiger partial charge in [-0.3, -0.25) is 9.59 Å². The minimum Gasteiger partial charge on any atom is -0.497 e. The summed E-state index contributed by atoms with van der Waals surface area (Å²) < 4.78 is 21.6. The van der Waals surface area contributed by atoms with Gasteiger partial charge in [-0.05, 0) is 31.2 Å². The maximum atomic E-state index is 12.6. The van der Waals surface area contributed by atoms with Crippen LogP contribution in [-0.4, -0.2) is 25.5 Å². The van der Waals surface area contributed by atoms with Crippen LogP contribution in [0, 0.1) is 0 Å². The standard InChI is InChI=1S/C20H18O6/c1-4-24-16-7-5-6-13(20(16)25-12(2)21)10-18-19(22)15-9-8-14(23-3)11-17(15)26-18/h5-11H,4H2,1-3H3/b18-10-. The SMILES string of the molecule is CCOc1cccc(/C=C2\Oc3cc(OC)ccc3C2=O)c1OC(C)=O. The van der Waals surface area contributed by atoms with Gasteiger partial charge in [0.05, 0.1) is 19.3 Å². The predicted molar refractivity (Wildman–Crippen MR) is 94.8 cm³/mol. The maximum absolute atomic E-state index is 12.6. The van der Waals surface area contributed by atoms with Crippen molar-refractivity contribution in [2.75, 3.05) is 13.7 Å². The molecule has 0 fully saturated rings. The Morgan fingerprint density at radius 1 is 1.23 bits per heavy atom. The fraction of sp³-hybridized carbons (Fsp3) is 0.200. The van der Waals surface area contributed by atoms with Gasteiger partial charge in [0.2, 0.25) is 5.78 Å². The Kier molecular flexibility index (Phi) is 4.93. The van der Waals surface area contributed by atoms with Crippen LogP contribution in [0.15, 0.2) is 42.2 Å². The normalized spacial score (nSPS) is 14.0. The molecule has 3 rings (SSSR count). The van der Waals surface area contributed by atoms with E-state index in [0.717, 1.165) is 0 Å². The Morgan fingerprint density at radius 2 is 2.04 bits per heavy atom. The van der Waals surface area contributed by atoms with Gasteiger partial charge in [0, 0.05) is 18.6 Å². The topological polar surface area (TPSA) is 71.1 Å². The molecule has 1 aliphatic rings. The number of hydrogen-bond donors (Lipinski definition) is 0. The molecule has 0 atom stereocenters. The summed E-state index contributed by atoms with van der Waals surface area (Å²) >= 11 is 0. The molecule has 0 N–H and O–H groups in total. The molecule has 134 valence electrons. The Bertz CT molecular complexity index is 897. The molecule has 26 heavy (non-hydrogen) atoms. The number of fused-ring (bicyclic) bond motifs is 1. The molecule has 6 nitrogen and oxygen atoms in total. The highest BCUT2D eigenvalue weighted by Crippen LogP contribution is 2.37. The maximum Gasteiger partial charge on any atom is 0.308 e. The van der Waals surface area contributed by atoms with Crippen LogP contribution in [0.25, 0.3) is 6.08 Å². The number of allylic oxidation sites excluding steroid dienone is 1. The van der Waals surface area contributed by atoms with Gasteiger partial charge in [-0.25, -0.2) is 0 Å². The van der Waals surface area contributed by atoms with Crippen molar-refractivity contribution < 1.29 is 28.5 Å². The molecule has 2 aromatic carbocycles. The van der Waals surface area contributed by atoms with Crippen molar-refractivity contribution in [1.29, 1.82) is 0 Å². The molecule has 0 saturated heterocycles. The molecule has 0 amide bonds. The lowest BCUT2D eigenvalue weighted by atomic mass is 10.1. The minimum absolute atomic E-state index is 0.135. The van der Waals surface area contributed by atoms with Gasteiger partial charge >= 0.3 is 5.97 Å². The molecule has 1 heterocycles. The molecule has 0 aromatic heterocycles. The Morgan fingerprint density at radius 3 is 2.73 bits per heavy atom. The lowest BCUT2D eigenvalue weighted by molar-refractivity contribution is -0.132. The predicted octanol–water partition coefficient (Wildman–Crippen LogP) is 3.64. The zero-order valence-electron chi connectivity index (χ0n) is 14.7. The number of carbonyl (C=O) groups is 2. The molecule has 2 aromatic rings. The molecule has 0 bridgehead atoms. The van der Waals surface area contributed by atoms with E-state index in [-0.39, 0.29) is 17.3 Å². The summed E-state index contributed by atoms with van der Waals surface area (Å²) in [7, 11) is 1.54. The van der Waals surface area contributed by atoms with Gasteiger partial charge in [0.1, 0.15) is 11.5 Å². The fourth-order valence-corrected chi connectivity index (χ4v) is 2.60. The number of carbonyl (C=O) groups excluding carboxylic acids is 2. The molecule has 0 radical (unpaired) electrons. The molecule has 0 saturated carbocycles. The number of hydrogen-bond acceptors (Lipinski definition) is 6. The average molecular weight is 354 g/mol. The summed E-state index contributed by atoms with van der Waals surface area (Å²) in [6.45, 7) is 3.55. The van der Waals surface area contributed by atoms with Crippen LogP contribution < -0.4 is 18.9 Å². The zero-order valence-corrected chi connectivity index (χ0v) is 14.7. The molecule has 1 aliphatic heterocycles. The Balaban J connectivity index is 2.01. The third kappa shape index (κ3) is 3.39. The number of rotatable bonds is 5. The number of Topliss-reactive ketones (excluding diaryl/α,β-unsaturated/α-hetero) is 1. The summed E-state index contributed by atoms with van der Waals surface area (Å²) in [5, 5.41) is 0. The number of ketones is 1. The second-order valence-electron chi connectivity index (χ2n) is 5.50. The quantitative estimate of drug-likeness (QED) is 0.464. The van der Waals surface area contributed by atoms with Crippen LogP contribution in [0.5, 0.6) is 23.0 Å². The first-order valence-electron chi connectivity index (χ1n) is 8.10. The van der Waals surface area contributed by atoms with E-state index in [1.807, 2.05) is 6.92 Å². The molecular formula is C20H18O6. The largest absolute Gasteiger partial charge is 0.497 e. The van der Waals surface area contributed by atoms with E-state index in [2.05, 4.69) is 0 Å². The van der Waals surface area contributed by atoms with Gasteiger partial charge in [-0.1, -0.05) is 12.1 Å². The second kappa shape index (κ2) is 7.31.